The molecule has 0 amide bonds. The van der Waals surface area contributed by atoms with E-state index in [-0.39, 0.29) is 12.1 Å². The molecule has 0 radical (unpaired) electrons. The molecule has 1 aromatic carbocycles. The summed E-state index contributed by atoms with van der Waals surface area (Å²) in [5.41, 5.74) is 7.29. The number of thiophene rings is 1. The molecule has 2 rings (SSSR count). The summed E-state index contributed by atoms with van der Waals surface area (Å²) in [6.07, 6.45) is 0.799. The highest BCUT2D eigenvalue weighted by Crippen LogP contribution is 2.32. The Kier molecular flexibility index (Phi) is 6.05. The van der Waals surface area contributed by atoms with E-state index < -0.39 is 0 Å². The van der Waals surface area contributed by atoms with Crippen molar-refractivity contribution in [3.05, 3.63) is 55.6 Å². The molecule has 0 aliphatic rings. The summed E-state index contributed by atoms with van der Waals surface area (Å²) in [6.45, 7) is 2.61. The van der Waals surface area contributed by atoms with E-state index in [9.17, 15) is 0 Å². The first-order chi connectivity index (χ1) is 9.60. The molecule has 2 aromatic rings. The van der Waals surface area contributed by atoms with Crippen LogP contribution in [0.5, 0.6) is 0 Å². The fourth-order valence-corrected chi connectivity index (χ4v) is 3.55. The van der Waals surface area contributed by atoms with Crippen molar-refractivity contribution in [1.82, 2.24) is 0 Å². The fraction of sp³-hybridized carbons (Fsp3) is 0.333. The van der Waals surface area contributed by atoms with Crippen molar-refractivity contribution in [3.8, 4) is 0 Å². The molecule has 1 aromatic heterocycles. The van der Waals surface area contributed by atoms with E-state index in [1.54, 1.807) is 11.3 Å². The summed E-state index contributed by atoms with van der Waals surface area (Å²) < 4.78 is 7.14. The largest absolute Gasteiger partial charge is 0.366 e. The fourth-order valence-electron chi connectivity index (χ4n) is 1.88. The summed E-state index contributed by atoms with van der Waals surface area (Å²) in [6, 6.07) is 11.8. The number of nitrogens with two attached hydrogens (primary N) is 1. The number of rotatable bonds is 6. The van der Waals surface area contributed by atoms with E-state index in [2.05, 4.69) is 28.9 Å². The Hall–Kier alpha value is -0.390. The molecule has 0 spiro atoms. The van der Waals surface area contributed by atoms with Gasteiger partial charge in [-0.3, -0.25) is 0 Å². The first-order valence-corrected chi connectivity index (χ1v) is 8.45. The van der Waals surface area contributed by atoms with Gasteiger partial charge in [0.1, 0.15) is 6.10 Å². The maximum atomic E-state index is 6.19. The maximum Gasteiger partial charge on any atom is 0.107 e. The normalized spacial score (nSPS) is 14.2. The maximum absolute atomic E-state index is 6.19. The van der Waals surface area contributed by atoms with Gasteiger partial charge in [0.25, 0.3) is 0 Å². The van der Waals surface area contributed by atoms with Gasteiger partial charge >= 0.3 is 0 Å². The highest BCUT2D eigenvalue weighted by Gasteiger charge is 2.21. The molecule has 2 unspecified atom stereocenters. The topological polar surface area (TPSA) is 35.2 Å². The van der Waals surface area contributed by atoms with Crippen molar-refractivity contribution in [2.24, 2.45) is 5.73 Å². The number of ether oxygens (including phenoxy) is 1. The average molecular weight is 375 g/mol. The molecule has 108 valence electrons. The van der Waals surface area contributed by atoms with Crippen LogP contribution in [-0.4, -0.2) is 6.04 Å². The molecule has 0 aliphatic carbocycles. The molecule has 0 fully saturated rings. The lowest BCUT2D eigenvalue weighted by Crippen LogP contribution is -2.29. The third-order valence-electron chi connectivity index (χ3n) is 3.08. The van der Waals surface area contributed by atoms with Crippen LogP contribution in [0.2, 0.25) is 5.02 Å². The van der Waals surface area contributed by atoms with Gasteiger partial charge in [0, 0.05) is 15.9 Å². The molecule has 2 N–H and O–H groups in total. The summed E-state index contributed by atoms with van der Waals surface area (Å²) in [4.78, 5) is 1.15. The van der Waals surface area contributed by atoms with Crippen LogP contribution >= 0.6 is 38.9 Å². The zero-order valence-electron chi connectivity index (χ0n) is 11.2. The average Bonchev–Trinajstić information content (AvgIpc) is 2.87. The quantitative estimate of drug-likeness (QED) is 0.758. The van der Waals surface area contributed by atoms with Crippen molar-refractivity contribution in [2.45, 2.75) is 32.1 Å². The van der Waals surface area contributed by atoms with Crippen molar-refractivity contribution in [1.29, 1.82) is 0 Å². The summed E-state index contributed by atoms with van der Waals surface area (Å²) in [5, 5.41) is 0.734. The Morgan fingerprint density at radius 2 is 1.95 bits per heavy atom. The van der Waals surface area contributed by atoms with Crippen LogP contribution in [0.25, 0.3) is 0 Å². The van der Waals surface area contributed by atoms with Gasteiger partial charge < -0.3 is 10.5 Å². The van der Waals surface area contributed by atoms with Crippen LogP contribution in [0, 0.1) is 0 Å². The minimum absolute atomic E-state index is 0.00662. The molecule has 5 heteroatoms. The minimum atomic E-state index is -0.0769. The molecule has 1 heterocycles. The van der Waals surface area contributed by atoms with Gasteiger partial charge in [0.05, 0.1) is 10.4 Å². The summed E-state index contributed by atoms with van der Waals surface area (Å²) in [5.74, 6) is 0. The molecule has 0 aliphatic heterocycles. The van der Waals surface area contributed by atoms with E-state index >= 15 is 0 Å². The molecule has 20 heavy (non-hydrogen) atoms. The number of hydrogen-bond donors (Lipinski definition) is 1. The van der Waals surface area contributed by atoms with Crippen LogP contribution in [0.4, 0.5) is 0 Å². The van der Waals surface area contributed by atoms with Gasteiger partial charge in [-0.25, -0.2) is 0 Å². The smallest absolute Gasteiger partial charge is 0.107 e. The molecular formula is C15H17BrClNOS. The van der Waals surface area contributed by atoms with Gasteiger partial charge in [-0.05, 0) is 52.2 Å². The monoisotopic (exact) mass is 373 g/mol. The number of benzene rings is 1. The summed E-state index contributed by atoms with van der Waals surface area (Å²) >= 11 is 11.0. The lowest BCUT2D eigenvalue weighted by atomic mass is 10.1. The highest BCUT2D eigenvalue weighted by atomic mass is 79.9. The van der Waals surface area contributed by atoms with Crippen LogP contribution in [0.3, 0.4) is 0 Å². The second-order valence-corrected chi connectivity index (χ2v) is 7.50. The predicted molar refractivity (Wildman–Crippen MR) is 89.3 cm³/mol. The first-order valence-electron chi connectivity index (χ1n) is 6.47. The van der Waals surface area contributed by atoms with E-state index in [4.69, 9.17) is 22.1 Å². The highest BCUT2D eigenvalue weighted by molar-refractivity contribution is 9.11. The second kappa shape index (κ2) is 7.57. The minimum Gasteiger partial charge on any atom is -0.366 e. The Labute approximate surface area is 137 Å². The lowest BCUT2D eigenvalue weighted by Gasteiger charge is -2.22. The van der Waals surface area contributed by atoms with Gasteiger partial charge in [0.15, 0.2) is 0 Å². The number of halogens is 2. The van der Waals surface area contributed by atoms with Crippen LogP contribution in [-0.2, 0) is 11.3 Å². The van der Waals surface area contributed by atoms with E-state index in [1.165, 1.54) is 0 Å². The van der Waals surface area contributed by atoms with Crippen LogP contribution < -0.4 is 5.73 Å². The zero-order valence-corrected chi connectivity index (χ0v) is 14.3. The molecule has 0 saturated carbocycles. The number of hydrogen-bond acceptors (Lipinski definition) is 3. The third-order valence-corrected chi connectivity index (χ3v) is 5.01. The van der Waals surface area contributed by atoms with Crippen molar-refractivity contribution < 1.29 is 4.74 Å². The zero-order chi connectivity index (χ0) is 14.5. The Bertz CT molecular complexity index is 543. The third kappa shape index (κ3) is 4.30. The standard InChI is InChI=1S/C15H17BrClNOS/c1-2-12(18)15(13-7-8-14(16)20-13)19-9-10-3-5-11(17)6-4-10/h3-8,12,15H,2,9,18H2,1H3. The van der Waals surface area contributed by atoms with Gasteiger partial charge in [-0.15, -0.1) is 11.3 Å². The molecular weight excluding hydrogens is 358 g/mol. The predicted octanol–water partition coefficient (Wildman–Crippen LogP) is 5.16. The van der Waals surface area contributed by atoms with Gasteiger partial charge in [0.2, 0.25) is 0 Å². The Morgan fingerprint density at radius 1 is 1.25 bits per heavy atom. The van der Waals surface area contributed by atoms with Crippen LogP contribution in [0.15, 0.2) is 40.2 Å². The molecule has 2 atom stereocenters. The molecule has 2 nitrogen and oxygen atoms in total. The van der Waals surface area contributed by atoms with Crippen molar-refractivity contribution >= 4 is 38.9 Å². The van der Waals surface area contributed by atoms with E-state index in [0.717, 1.165) is 25.7 Å². The van der Waals surface area contributed by atoms with E-state index in [0.29, 0.717) is 6.61 Å². The summed E-state index contributed by atoms with van der Waals surface area (Å²) in [7, 11) is 0. The second-order valence-electron chi connectivity index (χ2n) is 4.57. The van der Waals surface area contributed by atoms with Crippen molar-refractivity contribution in [3.63, 3.8) is 0 Å². The lowest BCUT2D eigenvalue weighted by molar-refractivity contribution is 0.0236. The van der Waals surface area contributed by atoms with Crippen LogP contribution in [0.1, 0.15) is 29.9 Å². The Morgan fingerprint density at radius 3 is 2.50 bits per heavy atom. The van der Waals surface area contributed by atoms with Gasteiger partial charge in [-0.1, -0.05) is 30.7 Å². The van der Waals surface area contributed by atoms with E-state index in [1.807, 2.05) is 30.3 Å². The molecule has 0 bridgehead atoms. The Balaban J connectivity index is 2.06. The SMILES string of the molecule is CCC(N)C(OCc1ccc(Cl)cc1)c1ccc(Br)s1. The first kappa shape index (κ1) is 16.0. The van der Waals surface area contributed by atoms with Gasteiger partial charge in [-0.2, -0.15) is 0 Å². The molecule has 0 saturated heterocycles. The van der Waals surface area contributed by atoms with Crippen molar-refractivity contribution in [2.75, 3.05) is 0 Å².